The number of hydrogen-bond acceptors (Lipinski definition) is 4. The van der Waals surface area contributed by atoms with E-state index in [0.29, 0.717) is 6.04 Å². The number of thioether (sulfide) groups is 1. The first kappa shape index (κ1) is 15.3. The van der Waals surface area contributed by atoms with Gasteiger partial charge >= 0.3 is 0 Å². The van der Waals surface area contributed by atoms with Crippen molar-refractivity contribution in [1.82, 2.24) is 14.8 Å². The molecule has 0 N–H and O–H groups in total. The molecule has 1 heterocycles. The van der Waals surface area contributed by atoms with Crippen LogP contribution in [0.25, 0.3) is 0 Å². The number of carbonyl (C=O) groups excluding carboxylic acids is 1. The first-order chi connectivity index (χ1) is 10.5. The van der Waals surface area contributed by atoms with Crippen molar-refractivity contribution < 1.29 is 4.79 Å². The van der Waals surface area contributed by atoms with Crippen molar-refractivity contribution in [3.63, 3.8) is 0 Å². The van der Waals surface area contributed by atoms with E-state index in [1.54, 1.807) is 0 Å². The Morgan fingerprint density at radius 3 is 2.59 bits per heavy atom. The summed E-state index contributed by atoms with van der Waals surface area (Å²) >= 11 is 1.51. The van der Waals surface area contributed by atoms with E-state index in [1.807, 2.05) is 39.0 Å². The summed E-state index contributed by atoms with van der Waals surface area (Å²) in [5, 5.41) is 9.12. The van der Waals surface area contributed by atoms with Crippen LogP contribution in [-0.4, -0.2) is 25.8 Å². The third-order valence-corrected chi connectivity index (χ3v) is 5.25. The van der Waals surface area contributed by atoms with Gasteiger partial charge in [-0.25, -0.2) is 0 Å². The van der Waals surface area contributed by atoms with E-state index < -0.39 is 0 Å². The number of carbonyl (C=O) groups is 1. The number of rotatable bonds is 5. The van der Waals surface area contributed by atoms with Gasteiger partial charge in [-0.3, -0.25) is 4.79 Å². The Balaban J connectivity index is 1.77. The van der Waals surface area contributed by atoms with E-state index in [9.17, 15) is 4.79 Å². The van der Waals surface area contributed by atoms with Gasteiger partial charge in [0, 0.05) is 11.6 Å². The molecule has 0 spiro atoms. The molecule has 116 valence electrons. The van der Waals surface area contributed by atoms with Crippen molar-refractivity contribution in [2.24, 2.45) is 0 Å². The van der Waals surface area contributed by atoms with E-state index in [1.165, 1.54) is 30.2 Å². The highest BCUT2D eigenvalue weighted by Gasteiger charge is 2.30. The van der Waals surface area contributed by atoms with Crippen LogP contribution in [0.15, 0.2) is 23.4 Å². The summed E-state index contributed by atoms with van der Waals surface area (Å²) in [5.41, 5.74) is 3.14. The van der Waals surface area contributed by atoms with E-state index in [4.69, 9.17) is 0 Å². The van der Waals surface area contributed by atoms with Crippen LogP contribution in [0.2, 0.25) is 0 Å². The van der Waals surface area contributed by atoms with Crippen molar-refractivity contribution in [2.75, 3.05) is 0 Å². The van der Waals surface area contributed by atoms with Crippen LogP contribution in [0.1, 0.15) is 53.1 Å². The van der Waals surface area contributed by atoms with Crippen molar-refractivity contribution in [3.8, 4) is 0 Å². The summed E-state index contributed by atoms with van der Waals surface area (Å²) in [4.78, 5) is 12.6. The molecule has 0 bridgehead atoms. The highest BCUT2D eigenvalue weighted by atomic mass is 32.2. The lowest BCUT2D eigenvalue weighted by Gasteiger charge is -2.12. The highest BCUT2D eigenvalue weighted by Crippen LogP contribution is 2.39. The molecule has 1 saturated carbocycles. The normalized spacial score (nSPS) is 15.8. The number of benzene rings is 1. The number of ketones is 1. The number of Topliss-reactive ketones (excluding diaryl/α,β-unsaturated/α-hetero) is 1. The Labute approximate surface area is 135 Å². The first-order valence-electron chi connectivity index (χ1n) is 7.67. The lowest BCUT2D eigenvalue weighted by Crippen LogP contribution is -2.15. The molecule has 2 aromatic rings. The van der Waals surface area contributed by atoms with Crippen LogP contribution in [0.4, 0.5) is 0 Å². The van der Waals surface area contributed by atoms with Crippen LogP contribution in [0, 0.1) is 20.8 Å². The maximum Gasteiger partial charge on any atom is 0.192 e. The van der Waals surface area contributed by atoms with Crippen LogP contribution in [0.3, 0.4) is 0 Å². The molecule has 22 heavy (non-hydrogen) atoms. The van der Waals surface area contributed by atoms with Crippen molar-refractivity contribution in [3.05, 3.63) is 40.7 Å². The van der Waals surface area contributed by atoms with E-state index >= 15 is 0 Å². The minimum atomic E-state index is -0.164. The van der Waals surface area contributed by atoms with Crippen molar-refractivity contribution in [1.29, 1.82) is 0 Å². The van der Waals surface area contributed by atoms with Gasteiger partial charge in [0.1, 0.15) is 5.82 Å². The van der Waals surface area contributed by atoms with Gasteiger partial charge in [-0.05, 0) is 57.7 Å². The first-order valence-corrected chi connectivity index (χ1v) is 8.55. The standard InChI is InChI=1S/C17H21N3OS/c1-10-5-6-14(9-11(10)2)16(21)12(3)22-17-19-18-13(4)20(17)15-7-8-15/h5-6,9,12,15H,7-8H2,1-4H3/t12-/m1/s1. The fraction of sp³-hybridized carbons (Fsp3) is 0.471. The van der Waals surface area contributed by atoms with Gasteiger partial charge in [0.15, 0.2) is 10.9 Å². The van der Waals surface area contributed by atoms with Gasteiger partial charge in [-0.15, -0.1) is 10.2 Å². The van der Waals surface area contributed by atoms with E-state index in [2.05, 4.69) is 21.7 Å². The Morgan fingerprint density at radius 2 is 1.95 bits per heavy atom. The minimum Gasteiger partial charge on any atom is -0.303 e. The molecule has 1 aliphatic carbocycles. The molecule has 3 rings (SSSR count). The molecule has 0 unspecified atom stereocenters. The largest absolute Gasteiger partial charge is 0.303 e. The van der Waals surface area contributed by atoms with Gasteiger partial charge < -0.3 is 4.57 Å². The number of hydrogen-bond donors (Lipinski definition) is 0. The zero-order chi connectivity index (χ0) is 15.9. The Hall–Kier alpha value is -1.62. The average molecular weight is 315 g/mol. The van der Waals surface area contributed by atoms with Crippen LogP contribution in [0.5, 0.6) is 0 Å². The molecule has 4 nitrogen and oxygen atoms in total. The predicted octanol–water partition coefficient (Wildman–Crippen LogP) is 3.90. The van der Waals surface area contributed by atoms with Crippen molar-refractivity contribution >= 4 is 17.5 Å². The second-order valence-electron chi connectivity index (χ2n) is 6.05. The maximum atomic E-state index is 12.6. The molecule has 1 atom stereocenters. The zero-order valence-corrected chi connectivity index (χ0v) is 14.3. The molecule has 1 fully saturated rings. The maximum absolute atomic E-state index is 12.6. The molecule has 0 saturated heterocycles. The second kappa shape index (κ2) is 5.88. The van der Waals surface area contributed by atoms with Gasteiger partial charge in [0.2, 0.25) is 0 Å². The van der Waals surface area contributed by atoms with Crippen LogP contribution >= 0.6 is 11.8 Å². The zero-order valence-electron chi connectivity index (χ0n) is 13.5. The van der Waals surface area contributed by atoms with Crippen LogP contribution < -0.4 is 0 Å². The third-order valence-electron chi connectivity index (χ3n) is 4.19. The molecule has 0 radical (unpaired) electrons. The molecule has 1 aliphatic rings. The van der Waals surface area contributed by atoms with E-state index in [-0.39, 0.29) is 11.0 Å². The molecule has 0 amide bonds. The Bertz CT molecular complexity index is 719. The van der Waals surface area contributed by atoms with E-state index in [0.717, 1.165) is 22.1 Å². The highest BCUT2D eigenvalue weighted by molar-refractivity contribution is 8.00. The SMILES string of the molecule is Cc1ccc(C(=O)[C@@H](C)Sc2nnc(C)n2C2CC2)cc1C. The fourth-order valence-corrected chi connectivity index (χ4v) is 3.57. The molecule has 1 aromatic heterocycles. The number of aromatic nitrogens is 3. The van der Waals surface area contributed by atoms with Gasteiger partial charge in [-0.1, -0.05) is 23.9 Å². The van der Waals surface area contributed by atoms with Gasteiger partial charge in [0.25, 0.3) is 0 Å². The summed E-state index contributed by atoms with van der Waals surface area (Å²) in [7, 11) is 0. The summed E-state index contributed by atoms with van der Waals surface area (Å²) < 4.78 is 2.18. The quantitative estimate of drug-likeness (QED) is 0.620. The summed E-state index contributed by atoms with van der Waals surface area (Å²) in [6, 6.07) is 6.43. The molecule has 5 heteroatoms. The molecular formula is C17H21N3OS. The lowest BCUT2D eigenvalue weighted by molar-refractivity contribution is 0.0993. The topological polar surface area (TPSA) is 47.8 Å². The average Bonchev–Trinajstić information content (AvgIpc) is 3.26. The fourth-order valence-electron chi connectivity index (χ4n) is 2.52. The van der Waals surface area contributed by atoms with Gasteiger partial charge in [0.05, 0.1) is 5.25 Å². The molecular weight excluding hydrogens is 294 g/mol. The lowest BCUT2D eigenvalue weighted by atomic mass is 10.0. The summed E-state index contributed by atoms with van der Waals surface area (Å²) in [5.74, 6) is 1.09. The second-order valence-corrected chi connectivity index (χ2v) is 7.36. The Kier molecular flexibility index (Phi) is 4.08. The molecule has 0 aliphatic heterocycles. The number of nitrogens with zero attached hydrogens (tertiary/aromatic N) is 3. The number of aryl methyl sites for hydroxylation is 3. The minimum absolute atomic E-state index is 0.149. The Morgan fingerprint density at radius 1 is 1.23 bits per heavy atom. The van der Waals surface area contributed by atoms with Crippen LogP contribution in [-0.2, 0) is 0 Å². The summed E-state index contributed by atoms with van der Waals surface area (Å²) in [6.45, 7) is 8.02. The van der Waals surface area contributed by atoms with Gasteiger partial charge in [-0.2, -0.15) is 0 Å². The van der Waals surface area contributed by atoms with Crippen molar-refractivity contribution in [2.45, 2.75) is 57.0 Å². The monoisotopic (exact) mass is 315 g/mol. The summed E-state index contributed by atoms with van der Waals surface area (Å²) in [6.07, 6.45) is 2.37. The smallest absolute Gasteiger partial charge is 0.192 e. The third kappa shape index (κ3) is 2.95. The molecule has 1 aromatic carbocycles. The predicted molar refractivity (Wildman–Crippen MR) is 88.6 cm³/mol.